The van der Waals surface area contributed by atoms with E-state index in [0.29, 0.717) is 24.1 Å². The first-order valence-corrected chi connectivity index (χ1v) is 11.8. The van der Waals surface area contributed by atoms with E-state index in [1.54, 1.807) is 6.08 Å². The zero-order valence-electron chi connectivity index (χ0n) is 18.7. The molecular formula is C25H30N4O2S. The summed E-state index contributed by atoms with van der Waals surface area (Å²) in [5.74, 6) is 1.74. The second-order valence-corrected chi connectivity index (χ2v) is 8.31. The molecule has 1 amide bonds. The van der Waals surface area contributed by atoms with Crippen molar-refractivity contribution >= 4 is 17.7 Å². The van der Waals surface area contributed by atoms with Gasteiger partial charge in [0, 0.05) is 13.1 Å². The largest absolute Gasteiger partial charge is 0.483 e. The summed E-state index contributed by atoms with van der Waals surface area (Å²) < 4.78 is 8.02. The third-order valence-corrected chi connectivity index (χ3v) is 5.94. The van der Waals surface area contributed by atoms with Crippen LogP contribution in [-0.2, 0) is 24.2 Å². The molecule has 0 bridgehead atoms. The van der Waals surface area contributed by atoms with Crippen LogP contribution in [0.25, 0.3) is 0 Å². The van der Waals surface area contributed by atoms with E-state index in [4.69, 9.17) is 4.74 Å². The van der Waals surface area contributed by atoms with Gasteiger partial charge in [-0.3, -0.25) is 9.36 Å². The quantitative estimate of drug-likeness (QED) is 0.322. The normalized spacial score (nSPS) is 11.7. The summed E-state index contributed by atoms with van der Waals surface area (Å²) in [5, 5.41) is 12.3. The van der Waals surface area contributed by atoms with Gasteiger partial charge in [-0.1, -0.05) is 67.2 Å². The second kappa shape index (κ2) is 12.1. The topological polar surface area (TPSA) is 69.0 Å². The van der Waals surface area contributed by atoms with Crippen molar-refractivity contribution in [2.45, 2.75) is 44.5 Å². The number of aryl methyl sites for hydroxylation is 1. The van der Waals surface area contributed by atoms with E-state index in [1.165, 1.54) is 22.9 Å². The first-order valence-electron chi connectivity index (χ1n) is 10.8. The van der Waals surface area contributed by atoms with Crippen LogP contribution in [-0.4, -0.2) is 33.0 Å². The monoisotopic (exact) mass is 450 g/mol. The van der Waals surface area contributed by atoms with Crippen molar-refractivity contribution in [2.24, 2.45) is 0 Å². The molecule has 168 valence electrons. The molecule has 0 aliphatic heterocycles. The summed E-state index contributed by atoms with van der Waals surface area (Å²) in [6.45, 7) is 9.06. The number of amides is 1. The molecule has 3 rings (SSSR count). The van der Waals surface area contributed by atoms with Crippen molar-refractivity contribution in [2.75, 3.05) is 12.3 Å². The van der Waals surface area contributed by atoms with Gasteiger partial charge >= 0.3 is 0 Å². The van der Waals surface area contributed by atoms with E-state index in [9.17, 15) is 4.79 Å². The maximum Gasteiger partial charge on any atom is 0.230 e. The zero-order valence-corrected chi connectivity index (χ0v) is 19.5. The summed E-state index contributed by atoms with van der Waals surface area (Å²) in [6, 6.07) is 18.2. The maximum absolute atomic E-state index is 12.3. The Morgan fingerprint density at radius 3 is 2.59 bits per heavy atom. The highest BCUT2D eigenvalue weighted by Gasteiger charge is 2.19. The minimum absolute atomic E-state index is 0.0269. The molecule has 32 heavy (non-hydrogen) atoms. The van der Waals surface area contributed by atoms with Crippen molar-refractivity contribution in [3.05, 3.63) is 84.2 Å². The van der Waals surface area contributed by atoms with Gasteiger partial charge in [0.2, 0.25) is 5.91 Å². The number of carbonyl (C=O) groups is 1. The van der Waals surface area contributed by atoms with Crippen molar-refractivity contribution < 1.29 is 9.53 Å². The second-order valence-electron chi connectivity index (χ2n) is 7.37. The smallest absolute Gasteiger partial charge is 0.230 e. The van der Waals surface area contributed by atoms with Crippen LogP contribution in [0.15, 0.2) is 72.4 Å². The summed E-state index contributed by atoms with van der Waals surface area (Å²) >= 11 is 1.36. The van der Waals surface area contributed by atoms with E-state index < -0.39 is 0 Å². The number of nitrogens with one attached hydrogen (secondary N) is 1. The number of aromatic nitrogens is 3. The van der Waals surface area contributed by atoms with Crippen molar-refractivity contribution in [3.63, 3.8) is 0 Å². The van der Waals surface area contributed by atoms with Gasteiger partial charge < -0.3 is 10.1 Å². The number of rotatable bonds is 12. The summed E-state index contributed by atoms with van der Waals surface area (Å²) in [4.78, 5) is 12.3. The van der Waals surface area contributed by atoms with Gasteiger partial charge in [-0.05, 0) is 43.0 Å². The molecule has 1 N–H and O–H groups in total. The van der Waals surface area contributed by atoms with Crippen molar-refractivity contribution in [1.29, 1.82) is 0 Å². The molecule has 0 aliphatic carbocycles. The molecule has 0 radical (unpaired) electrons. The lowest BCUT2D eigenvalue weighted by Gasteiger charge is -2.16. The average molecular weight is 451 g/mol. The van der Waals surface area contributed by atoms with Crippen LogP contribution in [0.2, 0.25) is 0 Å². The van der Waals surface area contributed by atoms with Gasteiger partial charge in [-0.15, -0.1) is 16.8 Å². The Hall–Kier alpha value is -3.06. The SMILES string of the molecule is C=CCn1c(SCC(=O)NCCc2ccccc2)nnc1C(C)Oc1ccc(CC)cc1. The highest BCUT2D eigenvalue weighted by molar-refractivity contribution is 7.99. The molecule has 0 fully saturated rings. The minimum Gasteiger partial charge on any atom is -0.483 e. The third-order valence-electron chi connectivity index (χ3n) is 4.98. The standard InChI is InChI=1S/C25H30N4O2S/c1-4-17-29-24(19(3)31-22-13-11-20(5-2)12-14-22)27-28-25(29)32-18-23(30)26-16-15-21-9-7-6-8-10-21/h4,6-14,19H,1,5,15-18H2,2-3H3,(H,26,30). The molecule has 3 aromatic rings. The van der Waals surface area contributed by atoms with E-state index in [1.807, 2.05) is 41.8 Å². The molecule has 0 aliphatic rings. The fourth-order valence-electron chi connectivity index (χ4n) is 3.24. The molecular weight excluding hydrogens is 420 g/mol. The van der Waals surface area contributed by atoms with Gasteiger partial charge in [0.15, 0.2) is 17.1 Å². The fourth-order valence-corrected chi connectivity index (χ4v) is 4.03. The number of nitrogens with zero attached hydrogens (tertiary/aromatic N) is 3. The van der Waals surface area contributed by atoms with Gasteiger partial charge in [-0.2, -0.15) is 0 Å². The number of allylic oxidation sites excluding steroid dienone is 1. The summed E-state index contributed by atoms with van der Waals surface area (Å²) in [5.41, 5.74) is 2.47. The highest BCUT2D eigenvalue weighted by atomic mass is 32.2. The van der Waals surface area contributed by atoms with Crippen LogP contribution in [0.4, 0.5) is 0 Å². The number of thioether (sulfide) groups is 1. The van der Waals surface area contributed by atoms with E-state index in [0.717, 1.165) is 18.6 Å². The zero-order chi connectivity index (χ0) is 22.8. The fraction of sp³-hybridized carbons (Fsp3) is 0.320. The molecule has 0 spiro atoms. The Labute approximate surface area is 194 Å². The molecule has 0 saturated carbocycles. The lowest BCUT2D eigenvalue weighted by atomic mass is 10.1. The predicted octanol–water partition coefficient (Wildman–Crippen LogP) is 4.62. The number of hydrogen-bond acceptors (Lipinski definition) is 5. The lowest BCUT2D eigenvalue weighted by Crippen LogP contribution is -2.27. The van der Waals surface area contributed by atoms with Crippen LogP contribution in [0.1, 0.15) is 36.9 Å². The molecule has 0 saturated heterocycles. The highest BCUT2D eigenvalue weighted by Crippen LogP contribution is 2.25. The molecule has 1 aromatic heterocycles. The molecule has 6 nitrogen and oxygen atoms in total. The summed E-state index contributed by atoms with van der Waals surface area (Å²) in [6.07, 6.45) is 3.30. The van der Waals surface area contributed by atoms with E-state index >= 15 is 0 Å². The van der Waals surface area contributed by atoms with Crippen LogP contribution in [0.5, 0.6) is 5.75 Å². The number of carbonyl (C=O) groups excluding carboxylic acids is 1. The van der Waals surface area contributed by atoms with Gasteiger partial charge in [-0.25, -0.2) is 0 Å². The Bertz CT molecular complexity index is 1000. The lowest BCUT2D eigenvalue weighted by molar-refractivity contribution is -0.118. The molecule has 2 aromatic carbocycles. The third kappa shape index (κ3) is 6.72. The Morgan fingerprint density at radius 1 is 1.16 bits per heavy atom. The van der Waals surface area contributed by atoms with E-state index in [-0.39, 0.29) is 17.8 Å². The minimum atomic E-state index is -0.288. The first-order chi connectivity index (χ1) is 15.6. The molecule has 1 unspecified atom stereocenters. The average Bonchev–Trinajstić information content (AvgIpc) is 3.22. The first kappa shape index (κ1) is 23.6. The number of ether oxygens (including phenoxy) is 1. The van der Waals surface area contributed by atoms with Crippen molar-refractivity contribution in [3.8, 4) is 5.75 Å². The predicted molar refractivity (Wildman–Crippen MR) is 129 cm³/mol. The van der Waals surface area contributed by atoms with Gasteiger partial charge in [0.25, 0.3) is 0 Å². The number of hydrogen-bond donors (Lipinski definition) is 1. The maximum atomic E-state index is 12.3. The Balaban J connectivity index is 1.55. The molecule has 7 heteroatoms. The van der Waals surface area contributed by atoms with E-state index in [2.05, 4.69) is 53.3 Å². The van der Waals surface area contributed by atoms with Crippen LogP contribution in [0, 0.1) is 0 Å². The Morgan fingerprint density at radius 2 is 1.91 bits per heavy atom. The molecule has 1 heterocycles. The van der Waals surface area contributed by atoms with Crippen LogP contribution in [0.3, 0.4) is 0 Å². The van der Waals surface area contributed by atoms with Gasteiger partial charge in [0.05, 0.1) is 5.75 Å². The Kier molecular flexibility index (Phi) is 8.92. The van der Waals surface area contributed by atoms with Crippen molar-refractivity contribution in [1.82, 2.24) is 20.1 Å². The van der Waals surface area contributed by atoms with Crippen LogP contribution < -0.4 is 10.1 Å². The van der Waals surface area contributed by atoms with Crippen LogP contribution >= 0.6 is 11.8 Å². The number of benzene rings is 2. The summed E-state index contributed by atoms with van der Waals surface area (Å²) in [7, 11) is 0. The van der Waals surface area contributed by atoms with Gasteiger partial charge in [0.1, 0.15) is 5.75 Å². The molecule has 1 atom stereocenters.